The number of imide groups is 1. The van der Waals surface area contributed by atoms with Crippen molar-refractivity contribution in [2.75, 3.05) is 0 Å². The summed E-state index contributed by atoms with van der Waals surface area (Å²) in [4.78, 5) is 26.1. The second kappa shape index (κ2) is 4.53. The molecule has 3 amide bonds. The van der Waals surface area contributed by atoms with Crippen LogP contribution >= 0.6 is 0 Å². The number of carbonyl (C=O) groups is 2. The lowest BCUT2D eigenvalue weighted by Crippen LogP contribution is -2.54. The van der Waals surface area contributed by atoms with E-state index in [0.29, 0.717) is 11.0 Å². The quantitative estimate of drug-likeness (QED) is 0.858. The molecule has 1 N–H and O–H groups in total. The number of nitrogens with zero attached hydrogens (tertiary/aromatic N) is 3. The third kappa shape index (κ3) is 2.04. The Bertz CT molecular complexity index is 761. The van der Waals surface area contributed by atoms with Crippen LogP contribution in [0, 0.1) is 5.41 Å². The third-order valence-corrected chi connectivity index (χ3v) is 4.43. The van der Waals surface area contributed by atoms with Gasteiger partial charge in [0.05, 0.1) is 6.54 Å². The van der Waals surface area contributed by atoms with Crippen molar-refractivity contribution < 1.29 is 14.2 Å². The SMILES string of the molecule is CC(C)(C)C1(C)NC(=O)N(Cc2ccc3nonc3c2)C1=O. The summed E-state index contributed by atoms with van der Waals surface area (Å²) in [5, 5.41) is 10.3. The molecule has 1 atom stereocenters. The monoisotopic (exact) mass is 302 g/mol. The van der Waals surface area contributed by atoms with Gasteiger partial charge in [0, 0.05) is 0 Å². The molecule has 1 aliphatic heterocycles. The van der Waals surface area contributed by atoms with Crippen LogP contribution in [0.2, 0.25) is 0 Å². The molecule has 0 radical (unpaired) electrons. The molecule has 7 heteroatoms. The number of carbonyl (C=O) groups excluding carboxylic acids is 2. The van der Waals surface area contributed by atoms with Gasteiger partial charge in [-0.1, -0.05) is 26.8 Å². The summed E-state index contributed by atoms with van der Waals surface area (Å²) in [5.41, 5.74) is 0.742. The van der Waals surface area contributed by atoms with Crippen molar-refractivity contribution in [1.29, 1.82) is 0 Å². The maximum absolute atomic E-state index is 12.7. The Balaban J connectivity index is 1.89. The first-order valence-electron chi connectivity index (χ1n) is 7.08. The van der Waals surface area contributed by atoms with Gasteiger partial charge in [0.2, 0.25) is 0 Å². The first kappa shape index (κ1) is 14.5. The largest absolute Gasteiger partial charge is 0.325 e. The zero-order valence-electron chi connectivity index (χ0n) is 13.0. The van der Waals surface area contributed by atoms with E-state index in [1.54, 1.807) is 25.1 Å². The standard InChI is InChI=1S/C15H18N4O3/c1-14(2,3)15(4)12(20)19(13(21)16-15)8-9-5-6-10-11(7-9)18-22-17-10/h5-7H,8H2,1-4H3,(H,16,21). The van der Waals surface area contributed by atoms with E-state index in [0.717, 1.165) is 5.56 Å². The lowest BCUT2D eigenvalue weighted by molar-refractivity contribution is -0.134. The van der Waals surface area contributed by atoms with Gasteiger partial charge in [0.1, 0.15) is 16.6 Å². The van der Waals surface area contributed by atoms with Gasteiger partial charge in [0.15, 0.2) is 0 Å². The fraction of sp³-hybridized carbons (Fsp3) is 0.467. The molecule has 2 aromatic rings. The minimum Gasteiger partial charge on any atom is -0.323 e. The van der Waals surface area contributed by atoms with Crippen LogP contribution in [0.3, 0.4) is 0 Å². The molecule has 0 bridgehead atoms. The second-order valence-corrected chi connectivity index (χ2v) is 6.78. The molecule has 7 nitrogen and oxygen atoms in total. The number of hydrogen-bond donors (Lipinski definition) is 1. The summed E-state index contributed by atoms with van der Waals surface area (Å²) in [5.74, 6) is -0.219. The summed E-state index contributed by atoms with van der Waals surface area (Å²) in [7, 11) is 0. The number of hydrogen-bond acceptors (Lipinski definition) is 5. The number of rotatable bonds is 2. The topological polar surface area (TPSA) is 88.3 Å². The molecule has 1 unspecified atom stereocenters. The predicted molar refractivity (Wildman–Crippen MR) is 78.7 cm³/mol. The third-order valence-electron chi connectivity index (χ3n) is 4.43. The minimum absolute atomic E-state index is 0.194. The van der Waals surface area contributed by atoms with Crippen LogP contribution in [-0.2, 0) is 11.3 Å². The second-order valence-electron chi connectivity index (χ2n) is 6.78. The molecular formula is C15H18N4O3. The molecule has 116 valence electrons. The molecule has 3 rings (SSSR count). The average Bonchev–Trinajstić information content (AvgIpc) is 2.97. The molecule has 1 aliphatic rings. The van der Waals surface area contributed by atoms with E-state index in [4.69, 9.17) is 0 Å². The van der Waals surface area contributed by atoms with Crippen molar-refractivity contribution in [3.05, 3.63) is 23.8 Å². The van der Waals surface area contributed by atoms with Crippen molar-refractivity contribution in [3.8, 4) is 0 Å². The van der Waals surface area contributed by atoms with E-state index < -0.39 is 5.54 Å². The van der Waals surface area contributed by atoms with E-state index in [9.17, 15) is 9.59 Å². The molecule has 1 aromatic heterocycles. The van der Waals surface area contributed by atoms with E-state index >= 15 is 0 Å². The van der Waals surface area contributed by atoms with Crippen molar-refractivity contribution in [2.45, 2.75) is 39.8 Å². The molecule has 0 saturated carbocycles. The molecule has 22 heavy (non-hydrogen) atoms. The maximum atomic E-state index is 12.7. The van der Waals surface area contributed by atoms with Gasteiger partial charge in [0.25, 0.3) is 5.91 Å². The van der Waals surface area contributed by atoms with Gasteiger partial charge in [-0.15, -0.1) is 0 Å². The lowest BCUT2D eigenvalue weighted by atomic mass is 9.75. The summed E-state index contributed by atoms with van der Waals surface area (Å²) < 4.78 is 4.65. The summed E-state index contributed by atoms with van der Waals surface area (Å²) >= 11 is 0. The Kier molecular flexibility index (Phi) is 2.98. The van der Waals surface area contributed by atoms with Crippen molar-refractivity contribution in [1.82, 2.24) is 20.5 Å². The Morgan fingerprint density at radius 1 is 1.23 bits per heavy atom. The van der Waals surface area contributed by atoms with Gasteiger partial charge in [-0.2, -0.15) is 0 Å². The van der Waals surface area contributed by atoms with Crippen molar-refractivity contribution >= 4 is 23.0 Å². The first-order valence-corrected chi connectivity index (χ1v) is 7.08. The molecule has 1 saturated heterocycles. The molecule has 0 spiro atoms. The van der Waals surface area contributed by atoms with Crippen LogP contribution in [-0.4, -0.2) is 32.7 Å². The maximum Gasteiger partial charge on any atom is 0.325 e. The Morgan fingerprint density at radius 3 is 2.55 bits per heavy atom. The number of fused-ring (bicyclic) bond motifs is 1. The fourth-order valence-electron chi connectivity index (χ4n) is 2.46. The van der Waals surface area contributed by atoms with Crippen molar-refractivity contribution in [2.24, 2.45) is 5.41 Å². The van der Waals surface area contributed by atoms with E-state index in [2.05, 4.69) is 20.3 Å². The van der Waals surface area contributed by atoms with Gasteiger partial charge < -0.3 is 5.32 Å². The highest BCUT2D eigenvalue weighted by Gasteiger charge is 2.54. The van der Waals surface area contributed by atoms with Gasteiger partial charge >= 0.3 is 6.03 Å². The van der Waals surface area contributed by atoms with E-state index in [1.165, 1.54) is 4.90 Å². The van der Waals surface area contributed by atoms with Crippen LogP contribution in [0.5, 0.6) is 0 Å². The van der Waals surface area contributed by atoms with Crippen molar-refractivity contribution in [3.63, 3.8) is 0 Å². The molecule has 1 aromatic carbocycles. The van der Waals surface area contributed by atoms with Crippen LogP contribution in [0.25, 0.3) is 11.0 Å². The van der Waals surface area contributed by atoms with Crippen LogP contribution in [0.1, 0.15) is 33.3 Å². The predicted octanol–water partition coefficient (Wildman–Crippen LogP) is 2.08. The number of benzene rings is 1. The normalized spacial score (nSPS) is 22.5. The lowest BCUT2D eigenvalue weighted by Gasteiger charge is -2.35. The number of urea groups is 1. The van der Waals surface area contributed by atoms with E-state index in [1.807, 2.05) is 20.8 Å². The zero-order chi connectivity index (χ0) is 16.1. The van der Waals surface area contributed by atoms with Crippen LogP contribution in [0.4, 0.5) is 4.79 Å². The summed E-state index contributed by atoms with van der Waals surface area (Å²) in [6.07, 6.45) is 0. The van der Waals surface area contributed by atoms with Crippen LogP contribution in [0.15, 0.2) is 22.8 Å². The van der Waals surface area contributed by atoms with Gasteiger partial charge in [-0.3, -0.25) is 9.69 Å². The highest BCUT2D eigenvalue weighted by Crippen LogP contribution is 2.35. The highest BCUT2D eigenvalue weighted by molar-refractivity contribution is 6.07. The molecule has 1 fully saturated rings. The van der Waals surface area contributed by atoms with Crippen LogP contribution < -0.4 is 5.32 Å². The Morgan fingerprint density at radius 2 is 1.91 bits per heavy atom. The summed E-state index contributed by atoms with van der Waals surface area (Å²) in [6, 6.07) is 4.95. The minimum atomic E-state index is -0.913. The highest BCUT2D eigenvalue weighted by atomic mass is 16.6. The Hall–Kier alpha value is -2.44. The number of aromatic nitrogens is 2. The smallest absolute Gasteiger partial charge is 0.323 e. The van der Waals surface area contributed by atoms with Gasteiger partial charge in [-0.05, 0) is 40.3 Å². The zero-order valence-corrected chi connectivity index (χ0v) is 13.0. The molecular weight excluding hydrogens is 284 g/mol. The van der Waals surface area contributed by atoms with E-state index in [-0.39, 0.29) is 23.9 Å². The fourth-order valence-corrected chi connectivity index (χ4v) is 2.46. The number of amides is 3. The average molecular weight is 302 g/mol. The molecule has 0 aliphatic carbocycles. The summed E-state index contributed by atoms with van der Waals surface area (Å²) in [6.45, 7) is 7.75. The molecule has 2 heterocycles. The Labute approximate surface area is 127 Å². The number of nitrogens with one attached hydrogen (secondary N) is 1. The van der Waals surface area contributed by atoms with Gasteiger partial charge in [-0.25, -0.2) is 9.42 Å². The first-order chi connectivity index (χ1) is 10.2.